The van der Waals surface area contributed by atoms with Gasteiger partial charge in [0, 0.05) is 31.7 Å². The van der Waals surface area contributed by atoms with Crippen LogP contribution in [0, 0.1) is 5.82 Å². The molecule has 0 spiro atoms. The van der Waals surface area contributed by atoms with Crippen molar-refractivity contribution < 1.29 is 4.39 Å². The lowest BCUT2D eigenvalue weighted by Gasteiger charge is -2.35. The number of benzene rings is 1. The van der Waals surface area contributed by atoms with Crippen LogP contribution in [-0.4, -0.2) is 42.6 Å². The molecule has 5 heteroatoms. The highest BCUT2D eigenvalue weighted by atomic mass is 19.1. The molecule has 0 aromatic heterocycles. The highest BCUT2D eigenvalue weighted by Gasteiger charge is 2.21. The summed E-state index contributed by atoms with van der Waals surface area (Å²) in [5, 5.41) is 6.83. The fraction of sp³-hybridized carbons (Fsp3) is 0.611. The molecule has 0 atom stereocenters. The first-order chi connectivity index (χ1) is 11.1. The fourth-order valence-corrected chi connectivity index (χ4v) is 2.83. The van der Waals surface area contributed by atoms with E-state index in [0.29, 0.717) is 18.6 Å². The van der Waals surface area contributed by atoms with Crippen LogP contribution in [-0.2, 0) is 6.54 Å². The minimum Gasteiger partial charge on any atom is -0.357 e. The Kier molecular flexibility index (Phi) is 6.84. The van der Waals surface area contributed by atoms with E-state index in [1.54, 1.807) is 12.1 Å². The average molecular weight is 320 g/mol. The van der Waals surface area contributed by atoms with Crippen molar-refractivity contribution in [1.29, 1.82) is 0 Å². The van der Waals surface area contributed by atoms with Crippen LogP contribution in [0.15, 0.2) is 29.3 Å². The number of likely N-dealkylation sites (tertiary alicyclic amines) is 1. The second-order valence-corrected chi connectivity index (χ2v) is 6.37. The highest BCUT2D eigenvalue weighted by molar-refractivity contribution is 5.80. The van der Waals surface area contributed by atoms with Crippen LogP contribution in [0.3, 0.4) is 0 Å². The van der Waals surface area contributed by atoms with Gasteiger partial charge in [0.25, 0.3) is 0 Å². The van der Waals surface area contributed by atoms with Crippen LogP contribution < -0.4 is 10.6 Å². The highest BCUT2D eigenvalue weighted by Crippen LogP contribution is 2.13. The van der Waals surface area contributed by atoms with E-state index in [4.69, 9.17) is 0 Å². The molecule has 1 aromatic rings. The van der Waals surface area contributed by atoms with Crippen LogP contribution in [0.4, 0.5) is 4.39 Å². The Hall–Kier alpha value is -1.62. The normalized spacial score (nSPS) is 17.5. The van der Waals surface area contributed by atoms with Crippen LogP contribution in [0.1, 0.15) is 39.2 Å². The van der Waals surface area contributed by atoms with Gasteiger partial charge in [0.15, 0.2) is 5.96 Å². The SMILES string of the molecule is CCNC(=NCc1ccc(F)cc1)NC1CCN(C(C)C)CC1. The molecule has 1 aliphatic heterocycles. The number of halogens is 1. The molecule has 1 aliphatic rings. The van der Waals surface area contributed by atoms with E-state index in [-0.39, 0.29) is 5.82 Å². The number of nitrogens with one attached hydrogen (secondary N) is 2. The molecule has 128 valence electrons. The molecule has 1 heterocycles. The topological polar surface area (TPSA) is 39.7 Å². The number of nitrogens with zero attached hydrogens (tertiary/aromatic N) is 2. The third-order valence-corrected chi connectivity index (χ3v) is 4.28. The summed E-state index contributed by atoms with van der Waals surface area (Å²) < 4.78 is 12.9. The lowest BCUT2D eigenvalue weighted by molar-refractivity contribution is 0.167. The summed E-state index contributed by atoms with van der Waals surface area (Å²) >= 11 is 0. The molecule has 0 saturated carbocycles. The maximum atomic E-state index is 12.9. The largest absolute Gasteiger partial charge is 0.357 e. The van der Waals surface area contributed by atoms with Gasteiger partial charge in [-0.2, -0.15) is 0 Å². The van der Waals surface area contributed by atoms with E-state index in [0.717, 1.165) is 44.0 Å². The third kappa shape index (κ3) is 5.82. The van der Waals surface area contributed by atoms with Gasteiger partial charge in [0.05, 0.1) is 6.54 Å². The van der Waals surface area contributed by atoms with Crippen molar-refractivity contribution in [3.63, 3.8) is 0 Å². The number of rotatable bonds is 5. The van der Waals surface area contributed by atoms with Gasteiger partial charge in [-0.3, -0.25) is 0 Å². The van der Waals surface area contributed by atoms with Gasteiger partial charge < -0.3 is 15.5 Å². The number of hydrogen-bond donors (Lipinski definition) is 2. The monoisotopic (exact) mass is 320 g/mol. The average Bonchev–Trinajstić information content (AvgIpc) is 2.55. The van der Waals surface area contributed by atoms with Gasteiger partial charge in [0.2, 0.25) is 0 Å². The molecule has 2 N–H and O–H groups in total. The molecule has 0 unspecified atom stereocenters. The Morgan fingerprint density at radius 1 is 1.26 bits per heavy atom. The molecule has 0 bridgehead atoms. The van der Waals surface area contributed by atoms with Crippen molar-refractivity contribution in [2.24, 2.45) is 4.99 Å². The van der Waals surface area contributed by atoms with Gasteiger partial charge in [-0.05, 0) is 51.3 Å². The van der Waals surface area contributed by atoms with Crippen molar-refractivity contribution in [1.82, 2.24) is 15.5 Å². The lowest BCUT2D eigenvalue weighted by atomic mass is 10.0. The first-order valence-electron chi connectivity index (χ1n) is 8.61. The summed E-state index contributed by atoms with van der Waals surface area (Å²) in [6.45, 7) is 10.2. The third-order valence-electron chi connectivity index (χ3n) is 4.28. The quantitative estimate of drug-likeness (QED) is 0.647. The smallest absolute Gasteiger partial charge is 0.191 e. The summed E-state index contributed by atoms with van der Waals surface area (Å²) in [6.07, 6.45) is 2.28. The molecule has 23 heavy (non-hydrogen) atoms. The summed E-state index contributed by atoms with van der Waals surface area (Å²) in [5.41, 5.74) is 1.01. The lowest BCUT2D eigenvalue weighted by Crippen LogP contribution is -2.49. The predicted octanol–water partition coefficient (Wildman–Crippen LogP) is 2.75. The number of aliphatic imine (C=N–C) groups is 1. The van der Waals surface area contributed by atoms with Crippen LogP contribution in [0.25, 0.3) is 0 Å². The van der Waals surface area contributed by atoms with Crippen molar-refractivity contribution in [2.45, 2.75) is 52.2 Å². The first-order valence-corrected chi connectivity index (χ1v) is 8.61. The molecular weight excluding hydrogens is 291 g/mol. The molecular formula is C18H29FN4. The van der Waals surface area contributed by atoms with E-state index in [9.17, 15) is 4.39 Å². The van der Waals surface area contributed by atoms with Crippen molar-refractivity contribution in [2.75, 3.05) is 19.6 Å². The molecule has 1 aromatic carbocycles. The Labute approximate surface area is 139 Å². The minimum atomic E-state index is -0.209. The Morgan fingerprint density at radius 3 is 2.48 bits per heavy atom. The van der Waals surface area contributed by atoms with Gasteiger partial charge in [-0.25, -0.2) is 9.38 Å². The molecule has 1 fully saturated rings. The molecule has 2 rings (SSSR count). The number of hydrogen-bond acceptors (Lipinski definition) is 2. The van der Waals surface area contributed by atoms with E-state index < -0.39 is 0 Å². The number of piperidine rings is 1. The fourth-order valence-electron chi connectivity index (χ4n) is 2.83. The summed E-state index contributed by atoms with van der Waals surface area (Å²) in [6, 6.07) is 7.61. The molecule has 1 saturated heterocycles. The van der Waals surface area contributed by atoms with E-state index in [1.807, 2.05) is 0 Å². The molecule has 0 radical (unpaired) electrons. The Bertz CT molecular complexity index is 490. The standard InChI is InChI=1S/C18H29FN4/c1-4-20-18(21-13-15-5-7-16(19)8-6-15)22-17-9-11-23(12-10-17)14(2)3/h5-8,14,17H,4,9-13H2,1-3H3,(H2,20,21,22). The summed E-state index contributed by atoms with van der Waals surface area (Å²) in [7, 11) is 0. The van der Waals surface area contributed by atoms with Crippen molar-refractivity contribution in [3.8, 4) is 0 Å². The molecule has 0 amide bonds. The van der Waals surface area contributed by atoms with Gasteiger partial charge >= 0.3 is 0 Å². The Balaban J connectivity index is 1.88. The predicted molar refractivity (Wildman–Crippen MR) is 94.1 cm³/mol. The molecule has 4 nitrogen and oxygen atoms in total. The van der Waals surface area contributed by atoms with Crippen LogP contribution in [0.2, 0.25) is 0 Å². The van der Waals surface area contributed by atoms with Crippen LogP contribution in [0.5, 0.6) is 0 Å². The maximum absolute atomic E-state index is 12.9. The minimum absolute atomic E-state index is 0.209. The second kappa shape index (κ2) is 8.87. The van der Waals surface area contributed by atoms with Crippen LogP contribution >= 0.6 is 0 Å². The first kappa shape index (κ1) is 17.7. The molecule has 0 aliphatic carbocycles. The zero-order valence-electron chi connectivity index (χ0n) is 14.5. The van der Waals surface area contributed by atoms with Crippen molar-refractivity contribution in [3.05, 3.63) is 35.6 Å². The Morgan fingerprint density at radius 2 is 1.91 bits per heavy atom. The maximum Gasteiger partial charge on any atom is 0.191 e. The van der Waals surface area contributed by atoms with Crippen molar-refractivity contribution >= 4 is 5.96 Å². The second-order valence-electron chi connectivity index (χ2n) is 6.37. The van der Waals surface area contributed by atoms with Gasteiger partial charge in [-0.1, -0.05) is 12.1 Å². The number of guanidine groups is 1. The van der Waals surface area contributed by atoms with E-state index in [1.165, 1.54) is 12.1 Å². The van der Waals surface area contributed by atoms with E-state index in [2.05, 4.69) is 41.3 Å². The van der Waals surface area contributed by atoms with Gasteiger partial charge in [-0.15, -0.1) is 0 Å². The van der Waals surface area contributed by atoms with E-state index >= 15 is 0 Å². The zero-order valence-corrected chi connectivity index (χ0v) is 14.5. The van der Waals surface area contributed by atoms with Gasteiger partial charge in [0.1, 0.15) is 5.82 Å². The summed E-state index contributed by atoms with van der Waals surface area (Å²) in [4.78, 5) is 7.13. The summed E-state index contributed by atoms with van der Waals surface area (Å²) in [5.74, 6) is 0.638. The zero-order chi connectivity index (χ0) is 16.7.